The molecule has 0 amide bonds. The van der Waals surface area contributed by atoms with E-state index in [9.17, 15) is 0 Å². The molecule has 0 unspecified atom stereocenters. The minimum absolute atomic E-state index is 0.872. The molecule has 1 aromatic heterocycles. The Bertz CT molecular complexity index is 917. The van der Waals surface area contributed by atoms with Crippen LogP contribution in [0.3, 0.4) is 0 Å². The molecule has 3 heteroatoms. The lowest BCUT2D eigenvalue weighted by Gasteiger charge is -2.26. The van der Waals surface area contributed by atoms with Crippen molar-refractivity contribution in [1.82, 2.24) is 9.88 Å². The fourth-order valence-corrected chi connectivity index (χ4v) is 3.54. The highest BCUT2D eigenvalue weighted by Crippen LogP contribution is 2.25. The standard InChI is InChI=1S/C24H24N2O/c1-27-24-9-7-21(8-10-24)23-15-19(16-25-17-23)18-26-13-11-22(12-14-26)20-5-3-2-4-6-20/h2-11,15-17H,12-14,18H2,1H3. The zero-order valence-corrected chi connectivity index (χ0v) is 15.6. The Morgan fingerprint density at radius 3 is 2.44 bits per heavy atom. The van der Waals surface area contributed by atoms with Gasteiger partial charge >= 0.3 is 0 Å². The van der Waals surface area contributed by atoms with Crippen LogP contribution in [-0.4, -0.2) is 30.1 Å². The molecule has 0 saturated heterocycles. The van der Waals surface area contributed by atoms with Crippen LogP contribution in [0.1, 0.15) is 17.5 Å². The number of methoxy groups -OCH3 is 1. The molecule has 1 aliphatic heterocycles. The van der Waals surface area contributed by atoms with E-state index in [1.165, 1.54) is 16.7 Å². The molecule has 27 heavy (non-hydrogen) atoms. The van der Waals surface area contributed by atoms with Crippen molar-refractivity contribution in [1.29, 1.82) is 0 Å². The van der Waals surface area contributed by atoms with Gasteiger partial charge in [0.2, 0.25) is 0 Å². The fourth-order valence-electron chi connectivity index (χ4n) is 3.54. The second-order valence-corrected chi connectivity index (χ2v) is 6.89. The summed E-state index contributed by atoms with van der Waals surface area (Å²) in [6.07, 6.45) is 7.35. The first kappa shape index (κ1) is 17.5. The van der Waals surface area contributed by atoms with Crippen molar-refractivity contribution in [2.75, 3.05) is 20.2 Å². The molecule has 0 atom stereocenters. The van der Waals surface area contributed by atoms with Gasteiger partial charge in [-0.25, -0.2) is 0 Å². The lowest BCUT2D eigenvalue weighted by molar-refractivity contribution is 0.293. The second-order valence-electron chi connectivity index (χ2n) is 6.89. The van der Waals surface area contributed by atoms with Gasteiger partial charge in [-0.05, 0) is 46.9 Å². The van der Waals surface area contributed by atoms with E-state index >= 15 is 0 Å². The Morgan fingerprint density at radius 2 is 1.74 bits per heavy atom. The third-order valence-electron chi connectivity index (χ3n) is 5.06. The van der Waals surface area contributed by atoms with Crippen LogP contribution >= 0.6 is 0 Å². The number of ether oxygens (including phenoxy) is 1. The van der Waals surface area contributed by atoms with Crippen LogP contribution in [-0.2, 0) is 6.54 Å². The van der Waals surface area contributed by atoms with Crippen LogP contribution in [0, 0.1) is 0 Å². The highest BCUT2D eigenvalue weighted by molar-refractivity contribution is 5.66. The predicted octanol–water partition coefficient (Wildman–Crippen LogP) is 5.05. The lowest BCUT2D eigenvalue weighted by atomic mass is 9.99. The predicted molar refractivity (Wildman–Crippen MR) is 111 cm³/mol. The molecule has 0 bridgehead atoms. The normalized spacial score (nSPS) is 14.6. The van der Waals surface area contributed by atoms with E-state index in [2.05, 4.69) is 64.5 Å². The first-order valence-corrected chi connectivity index (χ1v) is 9.37. The minimum Gasteiger partial charge on any atom is -0.497 e. The largest absolute Gasteiger partial charge is 0.497 e. The molecule has 0 fully saturated rings. The van der Waals surface area contributed by atoms with Gasteiger partial charge in [0.05, 0.1) is 7.11 Å². The summed E-state index contributed by atoms with van der Waals surface area (Å²) in [6, 6.07) is 21.1. The summed E-state index contributed by atoms with van der Waals surface area (Å²) in [7, 11) is 1.69. The van der Waals surface area contributed by atoms with E-state index in [-0.39, 0.29) is 0 Å². The third kappa shape index (κ3) is 4.26. The summed E-state index contributed by atoms with van der Waals surface area (Å²) in [4.78, 5) is 6.93. The van der Waals surface area contributed by atoms with Gasteiger partial charge in [-0.3, -0.25) is 9.88 Å². The monoisotopic (exact) mass is 356 g/mol. The summed E-state index contributed by atoms with van der Waals surface area (Å²) < 4.78 is 5.24. The fraction of sp³-hybridized carbons (Fsp3) is 0.208. The van der Waals surface area contributed by atoms with Gasteiger partial charge < -0.3 is 4.74 Å². The molecule has 136 valence electrons. The lowest BCUT2D eigenvalue weighted by Crippen LogP contribution is -2.28. The summed E-state index contributed by atoms with van der Waals surface area (Å²) >= 11 is 0. The molecular weight excluding hydrogens is 332 g/mol. The Labute approximate surface area is 160 Å². The van der Waals surface area contributed by atoms with Crippen LogP contribution in [0.25, 0.3) is 16.7 Å². The Hall–Kier alpha value is -2.91. The first-order valence-electron chi connectivity index (χ1n) is 9.37. The number of aromatic nitrogens is 1. The van der Waals surface area contributed by atoms with E-state index in [4.69, 9.17) is 4.74 Å². The quantitative estimate of drug-likeness (QED) is 0.640. The van der Waals surface area contributed by atoms with Gasteiger partial charge in [-0.1, -0.05) is 48.5 Å². The molecule has 3 nitrogen and oxygen atoms in total. The highest BCUT2D eigenvalue weighted by atomic mass is 16.5. The molecule has 1 aliphatic rings. The second kappa shape index (κ2) is 8.19. The third-order valence-corrected chi connectivity index (χ3v) is 5.06. The zero-order valence-electron chi connectivity index (χ0n) is 15.6. The van der Waals surface area contributed by atoms with Crippen molar-refractivity contribution in [2.24, 2.45) is 0 Å². The van der Waals surface area contributed by atoms with Gasteiger partial charge in [0.15, 0.2) is 0 Å². The smallest absolute Gasteiger partial charge is 0.118 e. The van der Waals surface area contributed by atoms with Gasteiger partial charge in [0, 0.05) is 37.6 Å². The van der Waals surface area contributed by atoms with Crippen LogP contribution in [0.2, 0.25) is 0 Å². The summed E-state index contributed by atoms with van der Waals surface area (Å²) in [5.74, 6) is 0.872. The van der Waals surface area contributed by atoms with Gasteiger partial charge in [0.1, 0.15) is 5.75 Å². The van der Waals surface area contributed by atoms with Gasteiger partial charge in [0.25, 0.3) is 0 Å². The van der Waals surface area contributed by atoms with E-state index in [1.807, 2.05) is 24.5 Å². The Kier molecular flexibility index (Phi) is 5.31. The van der Waals surface area contributed by atoms with Crippen molar-refractivity contribution in [2.45, 2.75) is 13.0 Å². The van der Waals surface area contributed by atoms with Crippen molar-refractivity contribution in [3.8, 4) is 16.9 Å². The summed E-state index contributed by atoms with van der Waals surface area (Å²) in [5, 5.41) is 0. The van der Waals surface area contributed by atoms with E-state index in [1.54, 1.807) is 7.11 Å². The molecule has 0 spiro atoms. The van der Waals surface area contributed by atoms with Gasteiger partial charge in [-0.15, -0.1) is 0 Å². The first-order chi connectivity index (χ1) is 13.3. The zero-order chi connectivity index (χ0) is 18.5. The van der Waals surface area contributed by atoms with Crippen LogP contribution in [0.5, 0.6) is 5.75 Å². The Balaban J connectivity index is 1.44. The molecule has 0 aliphatic carbocycles. The van der Waals surface area contributed by atoms with Gasteiger partial charge in [-0.2, -0.15) is 0 Å². The molecule has 0 N–H and O–H groups in total. The van der Waals surface area contributed by atoms with Crippen molar-refractivity contribution in [3.05, 3.63) is 90.3 Å². The maximum Gasteiger partial charge on any atom is 0.118 e. The van der Waals surface area contributed by atoms with Crippen LogP contribution < -0.4 is 4.74 Å². The highest BCUT2D eigenvalue weighted by Gasteiger charge is 2.13. The molecule has 4 rings (SSSR count). The maximum absolute atomic E-state index is 5.24. The van der Waals surface area contributed by atoms with Crippen LogP contribution in [0.4, 0.5) is 0 Å². The van der Waals surface area contributed by atoms with E-state index < -0.39 is 0 Å². The average Bonchev–Trinajstić information content (AvgIpc) is 2.75. The van der Waals surface area contributed by atoms with E-state index in [0.717, 1.165) is 42.9 Å². The number of nitrogens with zero attached hydrogens (tertiary/aromatic N) is 2. The molecule has 0 saturated carbocycles. The minimum atomic E-state index is 0.872. The molecular formula is C24H24N2O. The van der Waals surface area contributed by atoms with Crippen molar-refractivity contribution < 1.29 is 4.74 Å². The maximum atomic E-state index is 5.24. The Morgan fingerprint density at radius 1 is 0.926 bits per heavy atom. The average molecular weight is 356 g/mol. The number of hydrogen-bond acceptors (Lipinski definition) is 3. The topological polar surface area (TPSA) is 25.4 Å². The summed E-state index contributed by atoms with van der Waals surface area (Å²) in [5.41, 5.74) is 6.36. The number of benzene rings is 2. The SMILES string of the molecule is COc1ccc(-c2cncc(CN3CC=C(c4ccccc4)CC3)c2)cc1. The van der Waals surface area contributed by atoms with Crippen molar-refractivity contribution in [3.63, 3.8) is 0 Å². The summed E-state index contributed by atoms with van der Waals surface area (Å²) in [6.45, 7) is 2.99. The molecule has 0 radical (unpaired) electrons. The molecule has 2 heterocycles. The van der Waals surface area contributed by atoms with Crippen molar-refractivity contribution >= 4 is 5.57 Å². The number of rotatable bonds is 5. The number of pyridine rings is 1. The molecule has 2 aromatic carbocycles. The van der Waals surface area contributed by atoms with E-state index in [0.29, 0.717) is 0 Å². The molecule has 3 aromatic rings. The van der Waals surface area contributed by atoms with Crippen LogP contribution in [0.15, 0.2) is 79.1 Å². The number of hydrogen-bond donors (Lipinski definition) is 0.